The Balaban J connectivity index is 2.70. The van der Waals surface area contributed by atoms with Gasteiger partial charge in [-0.3, -0.25) is 4.90 Å². The second-order valence-corrected chi connectivity index (χ2v) is 5.62. The van der Waals surface area contributed by atoms with Crippen LogP contribution in [0.25, 0.3) is 0 Å². The molecule has 0 atom stereocenters. The van der Waals surface area contributed by atoms with Crippen molar-refractivity contribution < 1.29 is 8.78 Å². The van der Waals surface area contributed by atoms with Gasteiger partial charge >= 0.3 is 0 Å². The highest BCUT2D eigenvalue weighted by molar-refractivity contribution is 4.96. The quantitative estimate of drug-likeness (QED) is 0.763. The Morgan fingerprint density at radius 1 is 1.28 bits per heavy atom. The molecule has 0 amide bonds. The molecule has 1 saturated carbocycles. The molecule has 0 spiro atoms. The van der Waals surface area contributed by atoms with Gasteiger partial charge in [-0.25, -0.2) is 8.78 Å². The van der Waals surface area contributed by atoms with Gasteiger partial charge in [0.2, 0.25) is 0 Å². The average molecular weight is 262 g/mol. The maximum Gasteiger partial charge on any atom is 0.251 e. The summed E-state index contributed by atoms with van der Waals surface area (Å²) in [6.07, 6.45) is 4.08. The van der Waals surface area contributed by atoms with Crippen LogP contribution >= 0.6 is 0 Å². The van der Waals surface area contributed by atoms with Crippen molar-refractivity contribution in [1.29, 1.82) is 0 Å². The molecule has 1 rings (SSSR count). The van der Waals surface area contributed by atoms with E-state index in [4.69, 9.17) is 5.73 Å². The molecule has 0 aliphatic heterocycles. The van der Waals surface area contributed by atoms with Crippen LogP contribution in [0.15, 0.2) is 0 Å². The first-order valence-electron chi connectivity index (χ1n) is 7.31. The third kappa shape index (κ3) is 3.89. The standard InChI is InChI=1S/C14H28F2N2/c1-3-9-18(10-13(15)16)14(11-17)7-5-12(4-2)6-8-14/h12-13H,3-11,17H2,1-2H3. The van der Waals surface area contributed by atoms with Gasteiger partial charge in [-0.15, -0.1) is 0 Å². The highest BCUT2D eigenvalue weighted by atomic mass is 19.3. The van der Waals surface area contributed by atoms with Crippen LogP contribution in [0, 0.1) is 5.92 Å². The van der Waals surface area contributed by atoms with Crippen molar-refractivity contribution >= 4 is 0 Å². The van der Waals surface area contributed by atoms with Crippen molar-refractivity contribution in [2.75, 3.05) is 19.6 Å². The number of rotatable bonds is 7. The van der Waals surface area contributed by atoms with Crippen LogP contribution in [0.4, 0.5) is 8.78 Å². The van der Waals surface area contributed by atoms with Crippen molar-refractivity contribution in [3.8, 4) is 0 Å². The fraction of sp³-hybridized carbons (Fsp3) is 1.00. The molecule has 0 bridgehead atoms. The van der Waals surface area contributed by atoms with Gasteiger partial charge in [0.25, 0.3) is 6.43 Å². The number of nitrogens with two attached hydrogens (primary N) is 1. The molecule has 1 aliphatic carbocycles. The van der Waals surface area contributed by atoms with E-state index in [2.05, 4.69) is 6.92 Å². The lowest BCUT2D eigenvalue weighted by molar-refractivity contribution is -0.00545. The molecule has 0 unspecified atom stereocenters. The second kappa shape index (κ2) is 7.39. The van der Waals surface area contributed by atoms with Gasteiger partial charge in [0, 0.05) is 12.1 Å². The molecule has 0 heterocycles. The fourth-order valence-corrected chi connectivity index (χ4v) is 3.23. The van der Waals surface area contributed by atoms with Crippen molar-refractivity contribution in [2.45, 2.75) is 64.3 Å². The maximum absolute atomic E-state index is 12.7. The number of halogens is 2. The lowest BCUT2D eigenvalue weighted by atomic mass is 9.74. The summed E-state index contributed by atoms with van der Waals surface area (Å²) in [5.41, 5.74) is 5.78. The summed E-state index contributed by atoms with van der Waals surface area (Å²) < 4.78 is 25.5. The highest BCUT2D eigenvalue weighted by Gasteiger charge is 2.39. The Bertz CT molecular complexity index is 226. The van der Waals surface area contributed by atoms with Crippen molar-refractivity contribution in [3.63, 3.8) is 0 Å². The van der Waals surface area contributed by atoms with Crippen LogP contribution in [-0.2, 0) is 0 Å². The summed E-state index contributed by atoms with van der Waals surface area (Å²) >= 11 is 0. The van der Waals surface area contributed by atoms with Crippen molar-refractivity contribution in [2.24, 2.45) is 11.7 Å². The summed E-state index contributed by atoms with van der Waals surface area (Å²) in [5.74, 6) is 0.764. The summed E-state index contributed by atoms with van der Waals surface area (Å²) in [4.78, 5) is 1.96. The van der Waals surface area contributed by atoms with Crippen LogP contribution in [0.2, 0.25) is 0 Å². The van der Waals surface area contributed by atoms with E-state index < -0.39 is 6.43 Å². The van der Waals surface area contributed by atoms with E-state index >= 15 is 0 Å². The fourth-order valence-electron chi connectivity index (χ4n) is 3.23. The topological polar surface area (TPSA) is 29.3 Å². The minimum Gasteiger partial charge on any atom is -0.329 e. The van der Waals surface area contributed by atoms with Crippen molar-refractivity contribution in [3.05, 3.63) is 0 Å². The molecule has 2 N–H and O–H groups in total. The number of alkyl halides is 2. The summed E-state index contributed by atoms with van der Waals surface area (Å²) in [7, 11) is 0. The highest BCUT2D eigenvalue weighted by Crippen LogP contribution is 2.37. The van der Waals surface area contributed by atoms with E-state index in [0.717, 1.165) is 44.6 Å². The average Bonchev–Trinajstić information content (AvgIpc) is 2.38. The molecule has 4 heteroatoms. The predicted molar refractivity (Wildman–Crippen MR) is 71.9 cm³/mol. The smallest absolute Gasteiger partial charge is 0.251 e. The zero-order valence-corrected chi connectivity index (χ0v) is 11.8. The largest absolute Gasteiger partial charge is 0.329 e. The normalized spacial score (nSPS) is 29.2. The Morgan fingerprint density at radius 3 is 2.28 bits per heavy atom. The zero-order valence-electron chi connectivity index (χ0n) is 11.8. The first-order chi connectivity index (χ1) is 8.57. The number of hydrogen-bond acceptors (Lipinski definition) is 2. The Kier molecular flexibility index (Phi) is 6.50. The van der Waals surface area contributed by atoms with Crippen LogP contribution in [0.5, 0.6) is 0 Å². The number of nitrogens with zero attached hydrogens (tertiary/aromatic N) is 1. The first kappa shape index (κ1) is 15.8. The van der Waals surface area contributed by atoms with Crippen molar-refractivity contribution in [1.82, 2.24) is 4.90 Å². The van der Waals surface area contributed by atoms with Crippen LogP contribution < -0.4 is 5.73 Å². The van der Waals surface area contributed by atoms with Gasteiger partial charge in [-0.1, -0.05) is 20.3 Å². The zero-order chi connectivity index (χ0) is 13.6. The van der Waals surface area contributed by atoms with E-state index in [0.29, 0.717) is 6.54 Å². The molecule has 2 nitrogen and oxygen atoms in total. The van der Waals surface area contributed by atoms with Crippen LogP contribution in [0.1, 0.15) is 52.4 Å². The Hall–Kier alpha value is -0.220. The van der Waals surface area contributed by atoms with E-state index in [1.807, 2.05) is 11.8 Å². The van der Waals surface area contributed by atoms with E-state index in [-0.39, 0.29) is 12.1 Å². The van der Waals surface area contributed by atoms with E-state index in [1.165, 1.54) is 6.42 Å². The summed E-state index contributed by atoms with van der Waals surface area (Å²) in [6, 6.07) is 0. The van der Waals surface area contributed by atoms with Gasteiger partial charge in [-0.05, 0) is 44.6 Å². The Labute approximate surface area is 110 Å². The molecule has 0 radical (unpaired) electrons. The molecule has 108 valence electrons. The monoisotopic (exact) mass is 262 g/mol. The molecule has 0 aromatic carbocycles. The SMILES string of the molecule is CCCN(CC(F)F)C1(CN)CCC(CC)CC1. The third-order valence-electron chi connectivity index (χ3n) is 4.52. The molecule has 0 saturated heterocycles. The molecule has 1 aliphatic rings. The van der Waals surface area contributed by atoms with Gasteiger partial charge in [0.15, 0.2) is 0 Å². The van der Waals surface area contributed by atoms with Gasteiger partial charge in [0.05, 0.1) is 6.54 Å². The molecule has 1 fully saturated rings. The van der Waals surface area contributed by atoms with E-state index in [1.54, 1.807) is 0 Å². The summed E-state index contributed by atoms with van der Waals surface area (Å²) in [6.45, 7) is 5.37. The van der Waals surface area contributed by atoms with E-state index in [9.17, 15) is 8.78 Å². The summed E-state index contributed by atoms with van der Waals surface area (Å²) in [5, 5.41) is 0. The van der Waals surface area contributed by atoms with Gasteiger partial charge < -0.3 is 5.73 Å². The first-order valence-corrected chi connectivity index (χ1v) is 7.31. The lowest BCUT2D eigenvalue weighted by Gasteiger charge is -2.47. The molecule has 18 heavy (non-hydrogen) atoms. The Morgan fingerprint density at radius 2 is 1.89 bits per heavy atom. The maximum atomic E-state index is 12.7. The third-order valence-corrected chi connectivity index (χ3v) is 4.52. The minimum absolute atomic E-state index is 0.123. The molecule has 0 aromatic rings. The van der Waals surface area contributed by atoms with Gasteiger partial charge in [0.1, 0.15) is 0 Å². The minimum atomic E-state index is -2.26. The number of hydrogen-bond donors (Lipinski definition) is 1. The lowest BCUT2D eigenvalue weighted by Crippen LogP contribution is -2.57. The molecular weight excluding hydrogens is 234 g/mol. The molecule has 0 aromatic heterocycles. The predicted octanol–water partition coefficient (Wildman–Crippen LogP) is 3.26. The van der Waals surface area contributed by atoms with Gasteiger partial charge in [-0.2, -0.15) is 0 Å². The van der Waals surface area contributed by atoms with Crippen LogP contribution in [0.3, 0.4) is 0 Å². The van der Waals surface area contributed by atoms with Crippen LogP contribution in [-0.4, -0.2) is 36.5 Å². The molecular formula is C14H28F2N2. The second-order valence-electron chi connectivity index (χ2n) is 5.62.